The Labute approximate surface area is 82.9 Å². The maximum absolute atomic E-state index is 12.4. The van der Waals surface area contributed by atoms with E-state index in [1.165, 1.54) is 12.3 Å². The molecule has 0 fully saturated rings. The summed E-state index contributed by atoms with van der Waals surface area (Å²) in [6.07, 6.45) is -2.32. The lowest BCUT2D eigenvalue weighted by Gasteiger charge is -2.10. The van der Waals surface area contributed by atoms with Crippen molar-refractivity contribution in [3.05, 3.63) is 36.2 Å². The van der Waals surface area contributed by atoms with Crippen molar-refractivity contribution in [2.75, 3.05) is 0 Å². The van der Waals surface area contributed by atoms with Gasteiger partial charge in [-0.2, -0.15) is 13.2 Å². The van der Waals surface area contributed by atoms with Crippen LogP contribution in [-0.4, -0.2) is 22.2 Å². The normalized spacial score (nSPS) is 12.6. The fourth-order valence-corrected chi connectivity index (χ4v) is 0.974. The lowest BCUT2D eigenvalue weighted by molar-refractivity contribution is -0.131. The number of hydrogen-bond donors (Lipinski definition) is 1. The molecule has 0 spiro atoms. The Hall–Kier alpha value is -1.85. The number of carboxylic acids is 1. The molecule has 3 nitrogen and oxygen atoms in total. The molecule has 0 atom stereocenters. The summed E-state index contributed by atoms with van der Waals surface area (Å²) in [6, 6.07) is 2.45. The van der Waals surface area contributed by atoms with Gasteiger partial charge in [-0.05, 0) is 6.07 Å². The third-order valence-electron chi connectivity index (χ3n) is 1.55. The number of rotatable bonds is 2. The molecule has 0 aromatic carbocycles. The molecule has 0 bridgehead atoms. The number of halogens is 3. The molecule has 1 N–H and O–H groups in total. The Morgan fingerprint density at radius 3 is 2.53 bits per heavy atom. The van der Waals surface area contributed by atoms with Gasteiger partial charge < -0.3 is 5.11 Å². The number of pyridine rings is 1. The minimum atomic E-state index is -4.71. The van der Waals surface area contributed by atoms with Gasteiger partial charge in [0.15, 0.2) is 0 Å². The molecule has 15 heavy (non-hydrogen) atoms. The molecule has 1 aromatic heterocycles. The quantitative estimate of drug-likeness (QED) is 0.772. The van der Waals surface area contributed by atoms with Crippen molar-refractivity contribution in [3.63, 3.8) is 0 Å². The lowest BCUT2D eigenvalue weighted by Crippen LogP contribution is -2.12. The minimum Gasteiger partial charge on any atom is -0.478 e. The van der Waals surface area contributed by atoms with Crippen molar-refractivity contribution in [1.29, 1.82) is 0 Å². The molecule has 1 heterocycles. The molecule has 0 saturated heterocycles. The molecule has 1 aromatic rings. The van der Waals surface area contributed by atoms with Gasteiger partial charge >= 0.3 is 12.1 Å². The van der Waals surface area contributed by atoms with Crippen LogP contribution in [0.2, 0.25) is 0 Å². The van der Waals surface area contributed by atoms with Gasteiger partial charge in [0.25, 0.3) is 0 Å². The summed E-state index contributed by atoms with van der Waals surface area (Å²) < 4.78 is 37.2. The molecule has 1 rings (SSSR count). The van der Waals surface area contributed by atoms with E-state index in [1.54, 1.807) is 0 Å². The summed E-state index contributed by atoms with van der Waals surface area (Å²) in [4.78, 5) is 13.7. The highest BCUT2D eigenvalue weighted by molar-refractivity contribution is 5.91. The summed E-state index contributed by atoms with van der Waals surface area (Å²) in [5, 5.41) is 8.31. The Morgan fingerprint density at radius 1 is 1.47 bits per heavy atom. The minimum absolute atomic E-state index is 0.122. The van der Waals surface area contributed by atoms with Gasteiger partial charge in [-0.25, -0.2) is 4.79 Å². The zero-order valence-corrected chi connectivity index (χ0v) is 7.32. The average molecular weight is 217 g/mol. The van der Waals surface area contributed by atoms with Crippen molar-refractivity contribution < 1.29 is 23.1 Å². The number of aliphatic carboxylic acids is 1. The monoisotopic (exact) mass is 217 g/mol. The predicted octanol–water partition coefficient (Wildman–Crippen LogP) is 2.11. The molecule has 6 heteroatoms. The molecule has 0 saturated carbocycles. The van der Waals surface area contributed by atoms with Crippen LogP contribution in [0, 0.1) is 0 Å². The van der Waals surface area contributed by atoms with Crippen LogP contribution in [0.15, 0.2) is 30.6 Å². The van der Waals surface area contributed by atoms with Crippen molar-refractivity contribution >= 4 is 11.5 Å². The number of carboxylic acid groups (broad SMARTS) is 1. The first kappa shape index (κ1) is 11.2. The molecular formula is C9H6F3NO2. The van der Waals surface area contributed by atoms with Gasteiger partial charge in [-0.1, -0.05) is 6.07 Å². The standard InChI is InChI=1S/C9H6F3NO2/c10-9(11,12)7(4-8(14)15)6-2-1-3-13-5-6/h1-5H,(H,14,15)/b7-4+. The van der Waals surface area contributed by atoms with Crippen LogP contribution >= 0.6 is 0 Å². The van der Waals surface area contributed by atoms with Crippen LogP contribution < -0.4 is 0 Å². The number of aromatic nitrogens is 1. The molecule has 0 aliphatic carbocycles. The maximum Gasteiger partial charge on any atom is 0.417 e. The van der Waals surface area contributed by atoms with Crippen molar-refractivity contribution in [2.45, 2.75) is 6.18 Å². The highest BCUT2D eigenvalue weighted by Gasteiger charge is 2.35. The fourth-order valence-electron chi connectivity index (χ4n) is 0.974. The van der Waals surface area contributed by atoms with E-state index in [0.29, 0.717) is 0 Å². The molecule has 0 aliphatic rings. The highest BCUT2D eigenvalue weighted by atomic mass is 19.4. The number of allylic oxidation sites excluding steroid dienone is 1. The summed E-state index contributed by atoms with van der Waals surface area (Å²) in [5.74, 6) is -1.65. The third kappa shape index (κ3) is 3.08. The van der Waals surface area contributed by atoms with Crippen molar-refractivity contribution in [3.8, 4) is 0 Å². The summed E-state index contributed by atoms with van der Waals surface area (Å²) in [7, 11) is 0. The van der Waals surface area contributed by atoms with E-state index < -0.39 is 17.7 Å². The Bertz CT molecular complexity index is 384. The summed E-state index contributed by atoms with van der Waals surface area (Å²) in [6.45, 7) is 0. The highest BCUT2D eigenvalue weighted by Crippen LogP contribution is 2.33. The Kier molecular flexibility index (Phi) is 3.08. The van der Waals surface area contributed by atoms with Crippen LogP contribution in [0.4, 0.5) is 13.2 Å². The van der Waals surface area contributed by atoms with Gasteiger partial charge in [0, 0.05) is 24.0 Å². The first-order valence-electron chi connectivity index (χ1n) is 3.83. The topological polar surface area (TPSA) is 50.2 Å². The summed E-state index contributed by atoms with van der Waals surface area (Å²) >= 11 is 0. The predicted molar refractivity (Wildman–Crippen MR) is 45.9 cm³/mol. The second-order valence-electron chi connectivity index (χ2n) is 2.64. The zero-order valence-electron chi connectivity index (χ0n) is 7.32. The number of carbonyl (C=O) groups is 1. The molecule has 80 valence electrons. The smallest absolute Gasteiger partial charge is 0.417 e. The number of hydrogen-bond acceptors (Lipinski definition) is 2. The average Bonchev–Trinajstić information content (AvgIpc) is 2.14. The van der Waals surface area contributed by atoms with Crippen LogP contribution in [-0.2, 0) is 4.79 Å². The summed E-state index contributed by atoms with van der Waals surface area (Å²) in [5.41, 5.74) is -1.49. The van der Waals surface area contributed by atoms with Gasteiger partial charge in [0.05, 0.1) is 5.57 Å². The van der Waals surface area contributed by atoms with Gasteiger partial charge in [0.1, 0.15) is 0 Å². The second-order valence-corrected chi connectivity index (χ2v) is 2.64. The van der Waals surface area contributed by atoms with Gasteiger partial charge in [-0.3, -0.25) is 4.98 Å². The van der Waals surface area contributed by atoms with E-state index in [4.69, 9.17) is 5.11 Å². The second kappa shape index (κ2) is 4.12. The number of nitrogens with zero attached hydrogens (tertiary/aromatic N) is 1. The van der Waals surface area contributed by atoms with E-state index in [0.717, 1.165) is 12.3 Å². The van der Waals surface area contributed by atoms with Crippen LogP contribution in [0.1, 0.15) is 5.56 Å². The SMILES string of the molecule is O=C(O)/C=C(\c1cccnc1)C(F)(F)F. The molecule has 0 aliphatic heterocycles. The van der Waals surface area contributed by atoms with E-state index in [9.17, 15) is 18.0 Å². The first-order chi connectivity index (χ1) is 6.91. The van der Waals surface area contributed by atoms with E-state index >= 15 is 0 Å². The zero-order chi connectivity index (χ0) is 11.5. The van der Waals surface area contributed by atoms with Gasteiger partial charge in [-0.15, -0.1) is 0 Å². The number of alkyl halides is 3. The van der Waals surface area contributed by atoms with Crippen LogP contribution in [0.5, 0.6) is 0 Å². The molecule has 0 amide bonds. The third-order valence-corrected chi connectivity index (χ3v) is 1.55. The first-order valence-corrected chi connectivity index (χ1v) is 3.83. The Balaban J connectivity index is 3.20. The molecule has 0 unspecified atom stereocenters. The van der Waals surface area contributed by atoms with E-state index in [1.807, 2.05) is 0 Å². The van der Waals surface area contributed by atoms with E-state index in [2.05, 4.69) is 4.98 Å². The molecular weight excluding hydrogens is 211 g/mol. The Morgan fingerprint density at radius 2 is 2.13 bits per heavy atom. The molecule has 0 radical (unpaired) electrons. The van der Waals surface area contributed by atoms with Crippen molar-refractivity contribution in [2.24, 2.45) is 0 Å². The largest absolute Gasteiger partial charge is 0.478 e. The van der Waals surface area contributed by atoms with Gasteiger partial charge in [0.2, 0.25) is 0 Å². The van der Waals surface area contributed by atoms with Crippen LogP contribution in [0.3, 0.4) is 0 Å². The lowest BCUT2D eigenvalue weighted by atomic mass is 10.1. The van der Waals surface area contributed by atoms with Crippen LogP contribution in [0.25, 0.3) is 5.57 Å². The van der Waals surface area contributed by atoms with Crippen molar-refractivity contribution in [1.82, 2.24) is 4.98 Å². The maximum atomic E-state index is 12.4. The van der Waals surface area contributed by atoms with E-state index in [-0.39, 0.29) is 11.6 Å². The fraction of sp³-hybridized carbons (Fsp3) is 0.111.